The summed E-state index contributed by atoms with van der Waals surface area (Å²) in [7, 11) is 0. The standard InChI is InChI=1S/C30H41NO6/c1-7-34-26(32)18-24(25-21-35-30(5,6)36-25)27(28(33)37-29(2,3)4)31(19-22-14-10-8-11-15-22)20-23-16-12-9-13-17-23/h8-17,24-25,27H,7,18-21H2,1-6H3/t24?,25-,27?/m1/s1. The summed E-state index contributed by atoms with van der Waals surface area (Å²) in [6, 6.07) is 19.2. The van der Waals surface area contributed by atoms with Gasteiger partial charge in [-0.05, 0) is 52.7 Å². The summed E-state index contributed by atoms with van der Waals surface area (Å²) >= 11 is 0. The van der Waals surface area contributed by atoms with Crippen LogP contribution in [0.2, 0.25) is 0 Å². The van der Waals surface area contributed by atoms with E-state index in [1.165, 1.54) is 0 Å². The topological polar surface area (TPSA) is 74.3 Å². The molecule has 0 spiro atoms. The fourth-order valence-corrected chi connectivity index (χ4v) is 4.63. The molecule has 2 aromatic rings. The lowest BCUT2D eigenvalue weighted by Gasteiger charge is -2.39. The second kappa shape index (κ2) is 12.7. The molecule has 2 unspecified atom stereocenters. The Balaban J connectivity index is 2.08. The second-order valence-electron chi connectivity index (χ2n) is 10.9. The van der Waals surface area contributed by atoms with Gasteiger partial charge in [0.15, 0.2) is 5.79 Å². The molecular weight excluding hydrogens is 470 g/mol. The zero-order valence-corrected chi connectivity index (χ0v) is 22.9. The van der Waals surface area contributed by atoms with Crippen molar-refractivity contribution in [1.29, 1.82) is 0 Å². The second-order valence-corrected chi connectivity index (χ2v) is 10.9. The lowest BCUT2D eigenvalue weighted by atomic mass is 9.88. The van der Waals surface area contributed by atoms with Crippen LogP contribution in [-0.4, -0.2) is 53.6 Å². The molecule has 1 saturated heterocycles. The number of nitrogens with zero attached hydrogens (tertiary/aromatic N) is 1. The molecular formula is C30H41NO6. The van der Waals surface area contributed by atoms with Gasteiger partial charge < -0.3 is 18.9 Å². The van der Waals surface area contributed by atoms with Crippen LogP contribution < -0.4 is 0 Å². The molecule has 0 aromatic heterocycles. The monoisotopic (exact) mass is 511 g/mol. The smallest absolute Gasteiger partial charge is 0.324 e. The molecule has 37 heavy (non-hydrogen) atoms. The highest BCUT2D eigenvalue weighted by Gasteiger charge is 2.47. The van der Waals surface area contributed by atoms with Crippen LogP contribution in [0.5, 0.6) is 0 Å². The number of hydrogen-bond acceptors (Lipinski definition) is 7. The zero-order chi connectivity index (χ0) is 27.1. The fraction of sp³-hybridized carbons (Fsp3) is 0.533. The predicted octanol–water partition coefficient (Wildman–Crippen LogP) is 5.12. The first-order valence-corrected chi connectivity index (χ1v) is 13.0. The Bertz CT molecular complexity index is 960. The maximum Gasteiger partial charge on any atom is 0.324 e. The van der Waals surface area contributed by atoms with Gasteiger partial charge in [-0.25, -0.2) is 0 Å². The molecule has 3 rings (SSSR count). The van der Waals surface area contributed by atoms with Gasteiger partial charge in [0, 0.05) is 19.0 Å². The van der Waals surface area contributed by atoms with E-state index < -0.39 is 35.4 Å². The minimum Gasteiger partial charge on any atom is -0.466 e. The first-order chi connectivity index (χ1) is 17.5. The average Bonchev–Trinajstić information content (AvgIpc) is 3.18. The Kier molecular flexibility index (Phi) is 9.87. The number of carbonyl (C=O) groups excluding carboxylic acids is 2. The fourth-order valence-electron chi connectivity index (χ4n) is 4.63. The SMILES string of the molecule is CCOC(=O)CC(C(C(=O)OC(C)(C)C)N(Cc1ccccc1)Cc1ccccc1)[C@H]1COC(C)(C)O1. The van der Waals surface area contributed by atoms with Crippen molar-refractivity contribution >= 4 is 11.9 Å². The van der Waals surface area contributed by atoms with Gasteiger partial charge in [0.2, 0.25) is 0 Å². The lowest BCUT2D eigenvalue weighted by molar-refractivity contribution is -0.174. The number of carbonyl (C=O) groups is 2. The number of hydrogen-bond donors (Lipinski definition) is 0. The van der Waals surface area contributed by atoms with Crippen molar-refractivity contribution < 1.29 is 28.5 Å². The van der Waals surface area contributed by atoms with Gasteiger partial charge in [-0.15, -0.1) is 0 Å². The summed E-state index contributed by atoms with van der Waals surface area (Å²) in [6.45, 7) is 12.5. The van der Waals surface area contributed by atoms with Crippen molar-refractivity contribution in [2.75, 3.05) is 13.2 Å². The maximum absolute atomic E-state index is 14.0. The number of ether oxygens (including phenoxy) is 4. The van der Waals surface area contributed by atoms with Gasteiger partial charge in [-0.1, -0.05) is 60.7 Å². The van der Waals surface area contributed by atoms with E-state index in [0.717, 1.165) is 11.1 Å². The highest BCUT2D eigenvalue weighted by atomic mass is 16.7. The number of benzene rings is 2. The molecule has 2 aromatic carbocycles. The minimum absolute atomic E-state index is 0.00192. The molecule has 1 aliphatic rings. The van der Waals surface area contributed by atoms with Crippen LogP contribution in [0.4, 0.5) is 0 Å². The van der Waals surface area contributed by atoms with Crippen molar-refractivity contribution in [1.82, 2.24) is 4.90 Å². The maximum atomic E-state index is 14.0. The van der Waals surface area contributed by atoms with Gasteiger partial charge in [0.25, 0.3) is 0 Å². The van der Waals surface area contributed by atoms with E-state index in [4.69, 9.17) is 18.9 Å². The summed E-state index contributed by atoms with van der Waals surface area (Å²) in [5.41, 5.74) is 1.39. The normalized spacial score (nSPS) is 18.8. The molecule has 202 valence electrons. The molecule has 0 aliphatic carbocycles. The lowest BCUT2D eigenvalue weighted by Crippen LogP contribution is -2.52. The molecule has 0 N–H and O–H groups in total. The van der Waals surface area contributed by atoms with Gasteiger partial charge in [-0.3, -0.25) is 14.5 Å². The Morgan fingerprint density at radius 1 is 1.00 bits per heavy atom. The molecule has 0 saturated carbocycles. The van der Waals surface area contributed by atoms with E-state index in [9.17, 15) is 9.59 Å². The van der Waals surface area contributed by atoms with E-state index in [2.05, 4.69) is 4.90 Å². The van der Waals surface area contributed by atoms with Crippen molar-refractivity contribution in [3.8, 4) is 0 Å². The van der Waals surface area contributed by atoms with Crippen LogP contribution >= 0.6 is 0 Å². The molecule has 1 aliphatic heterocycles. The van der Waals surface area contributed by atoms with Crippen LogP contribution in [0, 0.1) is 5.92 Å². The number of esters is 2. The van der Waals surface area contributed by atoms with Crippen molar-refractivity contribution in [3.05, 3.63) is 71.8 Å². The summed E-state index contributed by atoms with van der Waals surface area (Å²) in [5.74, 6) is -2.15. The summed E-state index contributed by atoms with van der Waals surface area (Å²) in [5, 5.41) is 0. The van der Waals surface area contributed by atoms with Crippen LogP contribution in [-0.2, 0) is 41.6 Å². The Hall–Kier alpha value is -2.74. The van der Waals surface area contributed by atoms with Crippen LogP contribution in [0.25, 0.3) is 0 Å². The van der Waals surface area contributed by atoms with E-state index in [-0.39, 0.29) is 25.6 Å². The molecule has 0 bridgehead atoms. The van der Waals surface area contributed by atoms with Crippen molar-refractivity contribution in [2.45, 2.75) is 84.6 Å². The van der Waals surface area contributed by atoms with E-state index >= 15 is 0 Å². The Morgan fingerprint density at radius 3 is 1.97 bits per heavy atom. The predicted molar refractivity (Wildman–Crippen MR) is 141 cm³/mol. The zero-order valence-electron chi connectivity index (χ0n) is 22.9. The summed E-state index contributed by atoms with van der Waals surface area (Å²) in [6.07, 6.45) is -0.493. The van der Waals surface area contributed by atoms with Gasteiger partial charge in [0.05, 0.1) is 25.7 Å². The summed E-state index contributed by atoms with van der Waals surface area (Å²) in [4.78, 5) is 28.9. The molecule has 0 radical (unpaired) electrons. The molecule has 1 fully saturated rings. The van der Waals surface area contributed by atoms with Crippen LogP contribution in [0.15, 0.2) is 60.7 Å². The van der Waals surface area contributed by atoms with Crippen molar-refractivity contribution in [2.24, 2.45) is 5.92 Å². The third-order valence-electron chi connectivity index (χ3n) is 6.12. The quantitative estimate of drug-likeness (QED) is 0.388. The molecule has 1 heterocycles. The first kappa shape index (κ1) is 28.8. The Morgan fingerprint density at radius 2 is 1.54 bits per heavy atom. The first-order valence-electron chi connectivity index (χ1n) is 13.0. The highest BCUT2D eigenvalue weighted by Crippen LogP contribution is 2.34. The molecule has 7 heteroatoms. The highest BCUT2D eigenvalue weighted by molar-refractivity contribution is 5.78. The van der Waals surface area contributed by atoms with E-state index in [0.29, 0.717) is 13.1 Å². The van der Waals surface area contributed by atoms with Crippen LogP contribution in [0.1, 0.15) is 59.1 Å². The largest absolute Gasteiger partial charge is 0.466 e. The van der Waals surface area contributed by atoms with E-state index in [1.54, 1.807) is 6.92 Å². The van der Waals surface area contributed by atoms with Crippen molar-refractivity contribution in [3.63, 3.8) is 0 Å². The third kappa shape index (κ3) is 8.95. The van der Waals surface area contributed by atoms with E-state index in [1.807, 2.05) is 95.3 Å². The molecule has 3 atom stereocenters. The molecule has 0 amide bonds. The van der Waals surface area contributed by atoms with Crippen LogP contribution in [0.3, 0.4) is 0 Å². The van der Waals surface area contributed by atoms with Gasteiger partial charge >= 0.3 is 11.9 Å². The minimum atomic E-state index is -0.820. The number of rotatable bonds is 11. The third-order valence-corrected chi connectivity index (χ3v) is 6.12. The van der Waals surface area contributed by atoms with Gasteiger partial charge in [-0.2, -0.15) is 0 Å². The molecule has 7 nitrogen and oxygen atoms in total. The Labute approximate surface area is 221 Å². The van der Waals surface area contributed by atoms with Gasteiger partial charge in [0.1, 0.15) is 11.6 Å². The average molecular weight is 512 g/mol. The summed E-state index contributed by atoms with van der Waals surface area (Å²) < 4.78 is 23.4.